The quantitative estimate of drug-likeness (QED) is 0.220. The topological polar surface area (TPSA) is 113 Å². The molecule has 1 fully saturated rings. The molecule has 1 N–H and O–H groups in total. The van der Waals surface area contributed by atoms with Crippen LogP contribution < -0.4 is 14.4 Å². The second kappa shape index (κ2) is 13.6. The predicted molar refractivity (Wildman–Crippen MR) is 170 cm³/mol. The lowest BCUT2D eigenvalue weighted by molar-refractivity contribution is 0.0947. The van der Waals surface area contributed by atoms with E-state index in [0.29, 0.717) is 18.8 Å². The van der Waals surface area contributed by atoms with Crippen molar-refractivity contribution in [2.24, 2.45) is 0 Å². The third kappa shape index (κ3) is 7.12. The van der Waals surface area contributed by atoms with Gasteiger partial charge in [0.2, 0.25) is 10.0 Å². The highest BCUT2D eigenvalue weighted by Crippen LogP contribution is 2.30. The Kier molecular flexibility index (Phi) is 9.68. The highest BCUT2D eigenvalue weighted by atomic mass is 32.2. The van der Waals surface area contributed by atoms with Crippen LogP contribution >= 0.6 is 0 Å². The molecule has 1 aliphatic heterocycles. The molecule has 0 spiro atoms. The molecule has 1 aliphatic rings. The van der Waals surface area contributed by atoms with Gasteiger partial charge in [-0.25, -0.2) is 16.8 Å². The molecule has 1 heterocycles. The Bertz CT molecular complexity index is 1790. The van der Waals surface area contributed by atoms with Crippen LogP contribution in [0.15, 0.2) is 113 Å². The van der Waals surface area contributed by atoms with Gasteiger partial charge in [-0.1, -0.05) is 60.2 Å². The summed E-state index contributed by atoms with van der Waals surface area (Å²) in [6.45, 7) is 3.26. The number of nitrogens with zero attached hydrogens (tertiary/aromatic N) is 2. The number of nitrogens with one attached hydrogen (secondary N) is 1. The number of para-hydroxylation sites is 1. The molecule has 0 radical (unpaired) electrons. The fourth-order valence-corrected chi connectivity index (χ4v) is 7.97. The number of hydrogen-bond donors (Lipinski definition) is 1. The number of benzene rings is 4. The monoisotopic (exact) mass is 633 g/mol. The zero-order valence-corrected chi connectivity index (χ0v) is 26.1. The Balaban J connectivity index is 1.28. The first-order chi connectivity index (χ1) is 21.2. The molecule has 230 valence electrons. The molecule has 0 bridgehead atoms. The molecule has 5 rings (SSSR count). The third-order valence-corrected chi connectivity index (χ3v) is 11.1. The van der Waals surface area contributed by atoms with Gasteiger partial charge in [-0.3, -0.25) is 9.10 Å². The molecule has 0 atom stereocenters. The van der Waals surface area contributed by atoms with E-state index >= 15 is 0 Å². The minimum absolute atomic E-state index is 0.0356. The van der Waals surface area contributed by atoms with Gasteiger partial charge in [-0.05, 0) is 73.9 Å². The van der Waals surface area contributed by atoms with Crippen LogP contribution in [0, 0.1) is 6.92 Å². The number of ether oxygens (including phenoxy) is 1. The van der Waals surface area contributed by atoms with E-state index in [1.165, 1.54) is 20.7 Å². The average molecular weight is 634 g/mol. The van der Waals surface area contributed by atoms with Crippen molar-refractivity contribution >= 4 is 31.6 Å². The molecule has 44 heavy (non-hydrogen) atoms. The van der Waals surface area contributed by atoms with Crippen LogP contribution in [0.1, 0.15) is 34.3 Å². The summed E-state index contributed by atoms with van der Waals surface area (Å²) in [6.07, 6.45) is 1.73. The number of rotatable bonds is 12. The van der Waals surface area contributed by atoms with Crippen molar-refractivity contribution in [2.75, 3.05) is 30.5 Å². The van der Waals surface area contributed by atoms with Gasteiger partial charge in [0.1, 0.15) is 12.4 Å². The van der Waals surface area contributed by atoms with E-state index < -0.39 is 26.0 Å². The van der Waals surface area contributed by atoms with Gasteiger partial charge < -0.3 is 10.1 Å². The Morgan fingerprint density at radius 2 is 1.41 bits per heavy atom. The first-order valence-electron chi connectivity index (χ1n) is 14.4. The van der Waals surface area contributed by atoms with E-state index in [1.54, 1.807) is 60.7 Å². The summed E-state index contributed by atoms with van der Waals surface area (Å²) in [5.74, 6) is 0.0201. The SMILES string of the molecule is Cc1ccc(S(=O)(=O)N(Cc2ccccc2)c2ccccc2C(=O)NCCOc2ccc(S(=O)(=O)N3CCCC3)cc2)cc1. The van der Waals surface area contributed by atoms with Crippen LogP contribution in [0.5, 0.6) is 5.75 Å². The van der Waals surface area contributed by atoms with Crippen molar-refractivity contribution in [3.8, 4) is 5.75 Å². The van der Waals surface area contributed by atoms with Gasteiger partial charge in [-0.15, -0.1) is 0 Å². The van der Waals surface area contributed by atoms with Crippen LogP contribution in [0.4, 0.5) is 5.69 Å². The van der Waals surface area contributed by atoms with E-state index in [-0.39, 0.29) is 40.7 Å². The number of carbonyl (C=O) groups is 1. The molecule has 4 aromatic carbocycles. The maximum Gasteiger partial charge on any atom is 0.264 e. The molecular formula is C33H35N3O6S2. The van der Waals surface area contributed by atoms with Gasteiger partial charge in [0, 0.05) is 13.1 Å². The van der Waals surface area contributed by atoms with E-state index in [4.69, 9.17) is 4.74 Å². The maximum absolute atomic E-state index is 13.9. The van der Waals surface area contributed by atoms with Crippen LogP contribution in [0.3, 0.4) is 0 Å². The zero-order chi connectivity index (χ0) is 31.2. The summed E-state index contributed by atoms with van der Waals surface area (Å²) in [4.78, 5) is 13.7. The number of anilines is 1. The molecule has 0 saturated carbocycles. The fraction of sp³-hybridized carbons (Fsp3) is 0.242. The normalized spacial score (nSPS) is 13.8. The lowest BCUT2D eigenvalue weighted by Gasteiger charge is -2.26. The lowest BCUT2D eigenvalue weighted by Crippen LogP contribution is -2.34. The van der Waals surface area contributed by atoms with Gasteiger partial charge >= 0.3 is 0 Å². The maximum atomic E-state index is 13.9. The van der Waals surface area contributed by atoms with E-state index in [0.717, 1.165) is 24.0 Å². The number of carbonyl (C=O) groups excluding carboxylic acids is 1. The first kappa shape index (κ1) is 31.2. The van der Waals surface area contributed by atoms with E-state index in [1.807, 2.05) is 37.3 Å². The summed E-state index contributed by atoms with van der Waals surface area (Å²) in [5.41, 5.74) is 2.16. The summed E-state index contributed by atoms with van der Waals surface area (Å²) >= 11 is 0. The second-order valence-electron chi connectivity index (χ2n) is 10.5. The van der Waals surface area contributed by atoms with Gasteiger partial charge in [0.25, 0.3) is 15.9 Å². The summed E-state index contributed by atoms with van der Waals surface area (Å²) < 4.78 is 61.8. The molecule has 1 saturated heterocycles. The summed E-state index contributed by atoms with van der Waals surface area (Å²) in [5, 5.41) is 2.81. The van der Waals surface area contributed by atoms with Gasteiger partial charge in [-0.2, -0.15) is 4.31 Å². The van der Waals surface area contributed by atoms with Crippen molar-refractivity contribution in [3.63, 3.8) is 0 Å². The van der Waals surface area contributed by atoms with Gasteiger partial charge in [0.05, 0.1) is 34.1 Å². The molecule has 4 aromatic rings. The van der Waals surface area contributed by atoms with Gasteiger partial charge in [0.15, 0.2) is 0 Å². The smallest absolute Gasteiger partial charge is 0.264 e. The van der Waals surface area contributed by atoms with Crippen molar-refractivity contribution < 1.29 is 26.4 Å². The fourth-order valence-electron chi connectivity index (χ4n) is 4.98. The Labute approximate surface area is 259 Å². The molecule has 1 amide bonds. The molecule has 11 heteroatoms. The number of sulfonamides is 2. The summed E-state index contributed by atoms with van der Waals surface area (Å²) in [7, 11) is -7.53. The predicted octanol–water partition coefficient (Wildman–Crippen LogP) is 4.98. The van der Waals surface area contributed by atoms with E-state index in [2.05, 4.69) is 5.32 Å². The number of aryl methyl sites for hydroxylation is 1. The molecular weight excluding hydrogens is 599 g/mol. The standard InChI is InChI=1S/C33H35N3O6S2/c1-26-13-17-30(18-14-26)44(40,41)36(25-27-9-3-2-4-10-27)32-12-6-5-11-31(32)33(37)34-21-24-42-28-15-19-29(20-16-28)43(38,39)35-22-7-8-23-35/h2-6,9-20H,7-8,21-25H2,1H3,(H,34,37). The highest BCUT2D eigenvalue weighted by molar-refractivity contribution is 7.92. The third-order valence-electron chi connectivity index (χ3n) is 7.38. The number of hydrogen-bond acceptors (Lipinski definition) is 6. The van der Waals surface area contributed by atoms with Crippen molar-refractivity contribution in [1.29, 1.82) is 0 Å². The Morgan fingerprint density at radius 1 is 0.795 bits per heavy atom. The first-order valence-corrected chi connectivity index (χ1v) is 17.3. The van der Waals surface area contributed by atoms with Crippen LogP contribution in [-0.4, -0.2) is 53.3 Å². The van der Waals surface area contributed by atoms with Crippen molar-refractivity contribution in [3.05, 3.63) is 120 Å². The van der Waals surface area contributed by atoms with Crippen molar-refractivity contribution in [1.82, 2.24) is 9.62 Å². The molecule has 0 aromatic heterocycles. The lowest BCUT2D eigenvalue weighted by atomic mass is 10.1. The van der Waals surface area contributed by atoms with E-state index in [9.17, 15) is 21.6 Å². The van der Waals surface area contributed by atoms with Crippen molar-refractivity contribution in [2.45, 2.75) is 36.1 Å². The highest BCUT2D eigenvalue weighted by Gasteiger charge is 2.29. The Morgan fingerprint density at radius 3 is 2.09 bits per heavy atom. The minimum Gasteiger partial charge on any atom is -0.492 e. The van der Waals surface area contributed by atoms with Crippen LogP contribution in [-0.2, 0) is 26.6 Å². The zero-order valence-electron chi connectivity index (χ0n) is 24.4. The Hall–Kier alpha value is -4.19. The summed E-state index contributed by atoms with van der Waals surface area (Å²) in [6, 6.07) is 28.7. The minimum atomic E-state index is -4.02. The molecule has 9 nitrogen and oxygen atoms in total. The average Bonchev–Trinajstić information content (AvgIpc) is 3.59. The largest absolute Gasteiger partial charge is 0.492 e. The van der Waals surface area contributed by atoms with Crippen LogP contribution in [0.25, 0.3) is 0 Å². The number of amides is 1. The second-order valence-corrected chi connectivity index (χ2v) is 14.3. The molecule has 0 unspecified atom stereocenters. The molecule has 0 aliphatic carbocycles. The van der Waals surface area contributed by atoms with Crippen LogP contribution in [0.2, 0.25) is 0 Å².